The molecule has 1 aromatic carbocycles. The summed E-state index contributed by atoms with van der Waals surface area (Å²) in [6.45, 7) is 1.90. The molecule has 0 saturated carbocycles. The Morgan fingerprint density at radius 1 is 1.25 bits per heavy atom. The first-order chi connectivity index (χ1) is 9.26. The van der Waals surface area contributed by atoms with Crippen LogP contribution in [0.5, 0.6) is 0 Å². The molecule has 0 aliphatic rings. The Morgan fingerprint density at radius 3 is 2.30 bits per heavy atom. The average Bonchev–Trinajstić information content (AvgIpc) is 2.33. The fourth-order valence-corrected chi connectivity index (χ4v) is 2.58. The molecule has 1 aromatic rings. The number of anilines is 2. The summed E-state index contributed by atoms with van der Waals surface area (Å²) in [5, 5.41) is 3.47. The molecule has 0 aromatic heterocycles. The zero-order valence-corrected chi connectivity index (χ0v) is 13.4. The molecule has 114 valence electrons. The highest BCUT2D eigenvalue weighted by molar-refractivity contribution is 7.92. The summed E-state index contributed by atoms with van der Waals surface area (Å²) in [5.41, 5.74) is 1.07. The molecule has 0 spiro atoms. The normalized spacial score (nSPS) is 13.3. The molecule has 6 nitrogen and oxygen atoms in total. The zero-order chi connectivity index (χ0) is 15.3. The van der Waals surface area contributed by atoms with Crippen LogP contribution >= 0.6 is 11.6 Å². The summed E-state index contributed by atoms with van der Waals surface area (Å²) in [4.78, 5) is 0. The van der Waals surface area contributed by atoms with Crippen LogP contribution in [0.15, 0.2) is 18.2 Å². The maximum Gasteiger partial charge on any atom is 0.229 e. The van der Waals surface area contributed by atoms with Crippen LogP contribution in [0.25, 0.3) is 0 Å². The second-order valence-corrected chi connectivity index (χ2v) is 6.50. The molecule has 1 rings (SSSR count). The van der Waals surface area contributed by atoms with Crippen LogP contribution in [-0.2, 0) is 19.5 Å². The minimum absolute atomic E-state index is 0.102. The Balaban J connectivity index is 2.82. The summed E-state index contributed by atoms with van der Waals surface area (Å²) in [7, 11) is -0.244. The molecule has 20 heavy (non-hydrogen) atoms. The van der Waals surface area contributed by atoms with Gasteiger partial charge in [0.1, 0.15) is 0 Å². The van der Waals surface area contributed by atoms with E-state index in [1.807, 2.05) is 6.92 Å². The van der Waals surface area contributed by atoms with Gasteiger partial charge < -0.3 is 14.8 Å². The molecule has 0 amide bonds. The smallest absolute Gasteiger partial charge is 0.229 e. The number of rotatable bonds is 7. The standard InChI is InChI=1S/C12H19ClN2O4S/c1-8(12(18-2)19-3)14-9-5-6-11(10(13)7-9)15-20(4,16)17/h5-8,12,14-15H,1-4H3. The summed E-state index contributed by atoms with van der Waals surface area (Å²) in [6.07, 6.45) is 0.668. The van der Waals surface area contributed by atoms with Gasteiger partial charge in [0.25, 0.3) is 0 Å². The molecular formula is C12H19ClN2O4S. The van der Waals surface area contributed by atoms with Crippen LogP contribution < -0.4 is 10.0 Å². The number of methoxy groups -OCH3 is 2. The van der Waals surface area contributed by atoms with Crippen molar-refractivity contribution in [1.29, 1.82) is 0 Å². The van der Waals surface area contributed by atoms with E-state index in [2.05, 4.69) is 10.0 Å². The average molecular weight is 323 g/mol. The van der Waals surface area contributed by atoms with Crippen LogP contribution in [0.4, 0.5) is 11.4 Å². The van der Waals surface area contributed by atoms with Crippen molar-refractivity contribution in [3.63, 3.8) is 0 Å². The number of hydrogen-bond acceptors (Lipinski definition) is 5. The third-order valence-electron chi connectivity index (χ3n) is 2.53. The summed E-state index contributed by atoms with van der Waals surface area (Å²) in [6, 6.07) is 4.84. The highest BCUT2D eigenvalue weighted by Gasteiger charge is 2.16. The van der Waals surface area contributed by atoms with Crippen molar-refractivity contribution >= 4 is 33.0 Å². The monoisotopic (exact) mass is 322 g/mol. The van der Waals surface area contributed by atoms with Crippen LogP contribution in [0.2, 0.25) is 5.02 Å². The second kappa shape index (κ2) is 7.12. The first-order valence-corrected chi connectivity index (χ1v) is 8.13. The summed E-state index contributed by atoms with van der Waals surface area (Å²) < 4.78 is 35.0. The van der Waals surface area contributed by atoms with Crippen molar-refractivity contribution in [3.05, 3.63) is 23.2 Å². The highest BCUT2D eigenvalue weighted by Crippen LogP contribution is 2.26. The summed E-state index contributed by atoms with van der Waals surface area (Å²) in [5.74, 6) is 0. The quantitative estimate of drug-likeness (QED) is 0.752. The lowest BCUT2D eigenvalue weighted by Gasteiger charge is -2.23. The second-order valence-electron chi connectivity index (χ2n) is 4.34. The van der Waals surface area contributed by atoms with E-state index in [1.165, 1.54) is 0 Å². The van der Waals surface area contributed by atoms with E-state index in [-0.39, 0.29) is 6.04 Å². The Kier molecular flexibility index (Phi) is 6.07. The van der Waals surface area contributed by atoms with E-state index >= 15 is 0 Å². The van der Waals surface area contributed by atoms with Crippen LogP contribution in [0.3, 0.4) is 0 Å². The first-order valence-electron chi connectivity index (χ1n) is 5.86. The molecule has 0 bridgehead atoms. The van der Waals surface area contributed by atoms with Gasteiger partial charge in [-0.1, -0.05) is 11.6 Å². The Labute approximate surface area is 124 Å². The summed E-state index contributed by atoms with van der Waals surface area (Å²) >= 11 is 6.04. The lowest BCUT2D eigenvalue weighted by molar-refractivity contribution is -0.109. The van der Waals surface area contributed by atoms with Gasteiger partial charge in [0, 0.05) is 19.9 Å². The molecular weight excluding hydrogens is 304 g/mol. The van der Waals surface area contributed by atoms with Gasteiger partial charge in [0.2, 0.25) is 10.0 Å². The molecule has 0 radical (unpaired) electrons. The van der Waals surface area contributed by atoms with Gasteiger partial charge in [-0.25, -0.2) is 8.42 Å². The molecule has 1 unspecified atom stereocenters. The fraction of sp³-hybridized carbons (Fsp3) is 0.500. The molecule has 0 saturated heterocycles. The van der Waals surface area contributed by atoms with E-state index < -0.39 is 16.3 Å². The molecule has 0 aliphatic heterocycles. The largest absolute Gasteiger partial charge is 0.377 e. The van der Waals surface area contributed by atoms with E-state index in [9.17, 15) is 8.42 Å². The molecule has 0 aliphatic carbocycles. The third kappa shape index (κ3) is 5.16. The van der Waals surface area contributed by atoms with Gasteiger partial charge in [-0.15, -0.1) is 0 Å². The van der Waals surface area contributed by atoms with Crippen molar-refractivity contribution in [3.8, 4) is 0 Å². The van der Waals surface area contributed by atoms with Gasteiger partial charge in [0.15, 0.2) is 6.29 Å². The van der Waals surface area contributed by atoms with Crippen molar-refractivity contribution in [2.45, 2.75) is 19.3 Å². The highest BCUT2D eigenvalue weighted by atomic mass is 35.5. The lowest BCUT2D eigenvalue weighted by Crippen LogP contribution is -2.33. The Morgan fingerprint density at radius 2 is 1.85 bits per heavy atom. The van der Waals surface area contributed by atoms with E-state index in [0.717, 1.165) is 11.9 Å². The third-order valence-corrected chi connectivity index (χ3v) is 3.44. The van der Waals surface area contributed by atoms with Crippen molar-refractivity contribution < 1.29 is 17.9 Å². The zero-order valence-electron chi connectivity index (χ0n) is 11.8. The number of ether oxygens (including phenoxy) is 2. The SMILES string of the molecule is COC(OC)C(C)Nc1ccc(NS(C)(=O)=O)c(Cl)c1. The van der Waals surface area contributed by atoms with Gasteiger partial charge in [0.05, 0.1) is 23.0 Å². The fourth-order valence-electron chi connectivity index (χ4n) is 1.72. The maximum atomic E-state index is 11.2. The van der Waals surface area contributed by atoms with Crippen LogP contribution in [0.1, 0.15) is 6.92 Å². The van der Waals surface area contributed by atoms with Gasteiger partial charge in [-0.3, -0.25) is 4.72 Å². The Bertz CT molecular complexity index is 546. The number of benzene rings is 1. The van der Waals surface area contributed by atoms with Gasteiger partial charge in [-0.2, -0.15) is 0 Å². The van der Waals surface area contributed by atoms with Crippen molar-refractivity contribution in [2.75, 3.05) is 30.5 Å². The van der Waals surface area contributed by atoms with E-state index in [0.29, 0.717) is 10.7 Å². The molecule has 1 atom stereocenters. The number of halogens is 1. The van der Waals surface area contributed by atoms with Gasteiger partial charge in [-0.05, 0) is 25.1 Å². The topological polar surface area (TPSA) is 76.7 Å². The maximum absolute atomic E-state index is 11.2. The molecule has 0 heterocycles. The van der Waals surface area contributed by atoms with E-state index in [1.54, 1.807) is 32.4 Å². The number of nitrogens with one attached hydrogen (secondary N) is 2. The van der Waals surface area contributed by atoms with Gasteiger partial charge >= 0.3 is 0 Å². The predicted molar refractivity (Wildman–Crippen MR) is 80.8 cm³/mol. The van der Waals surface area contributed by atoms with Crippen molar-refractivity contribution in [2.24, 2.45) is 0 Å². The Hall–Kier alpha value is -1.02. The predicted octanol–water partition coefficient (Wildman–Crippen LogP) is 2.13. The lowest BCUT2D eigenvalue weighted by atomic mass is 10.2. The van der Waals surface area contributed by atoms with Crippen molar-refractivity contribution in [1.82, 2.24) is 0 Å². The van der Waals surface area contributed by atoms with Crippen LogP contribution in [0, 0.1) is 0 Å². The van der Waals surface area contributed by atoms with Crippen LogP contribution in [-0.4, -0.2) is 41.2 Å². The molecule has 0 fully saturated rings. The number of sulfonamides is 1. The first kappa shape index (κ1) is 17.0. The van der Waals surface area contributed by atoms with E-state index in [4.69, 9.17) is 21.1 Å². The number of hydrogen-bond donors (Lipinski definition) is 2. The molecule has 2 N–H and O–H groups in total. The minimum Gasteiger partial charge on any atom is -0.377 e. The minimum atomic E-state index is -3.35. The molecule has 8 heteroatoms.